The van der Waals surface area contributed by atoms with Crippen LogP contribution in [0.25, 0.3) is 44.4 Å². The van der Waals surface area contributed by atoms with Crippen molar-refractivity contribution in [3.63, 3.8) is 0 Å². The summed E-state index contributed by atoms with van der Waals surface area (Å²) in [5.74, 6) is 0. The molecule has 2 saturated heterocycles. The number of benzene rings is 2. The zero-order valence-corrected chi connectivity index (χ0v) is 23.9. The highest BCUT2D eigenvalue weighted by Crippen LogP contribution is 2.38. The van der Waals surface area contributed by atoms with Crippen molar-refractivity contribution in [3.05, 3.63) is 95.6 Å². The lowest BCUT2D eigenvalue weighted by molar-refractivity contribution is -0.148. The number of aromatic nitrogens is 3. The number of hydrogen-bond acceptors (Lipinski definition) is 4. The van der Waals surface area contributed by atoms with E-state index in [-0.39, 0.29) is 0 Å². The van der Waals surface area contributed by atoms with E-state index in [2.05, 4.69) is 88.7 Å². The number of nitrogens with one attached hydrogen (secondary N) is 1. The average molecular weight is 541 g/mol. The molecule has 8 rings (SSSR count). The van der Waals surface area contributed by atoms with Gasteiger partial charge in [-0.15, -0.1) is 0 Å². The van der Waals surface area contributed by atoms with E-state index in [0.29, 0.717) is 18.1 Å². The highest BCUT2D eigenvalue weighted by Gasteiger charge is 2.45. The minimum absolute atomic E-state index is 0.656. The summed E-state index contributed by atoms with van der Waals surface area (Å²) in [6, 6.07) is 24.5. The van der Waals surface area contributed by atoms with Crippen molar-refractivity contribution >= 4 is 11.0 Å². The Kier molecular flexibility index (Phi) is 6.04. The van der Waals surface area contributed by atoms with Crippen LogP contribution in [0, 0.1) is 13.8 Å². The van der Waals surface area contributed by atoms with Gasteiger partial charge in [0.15, 0.2) is 0 Å². The van der Waals surface area contributed by atoms with Crippen LogP contribution in [0.15, 0.2) is 73.1 Å². The number of nitrogens with zero attached hydrogens (tertiary/aromatic N) is 3. The van der Waals surface area contributed by atoms with Gasteiger partial charge in [0.25, 0.3) is 0 Å². The van der Waals surface area contributed by atoms with Crippen molar-refractivity contribution in [2.45, 2.75) is 64.1 Å². The molecule has 2 fully saturated rings. The van der Waals surface area contributed by atoms with Crippen LogP contribution in [0.3, 0.4) is 0 Å². The summed E-state index contributed by atoms with van der Waals surface area (Å²) in [6.45, 7) is 5.97. The standard InChI is InChI=1S/C36H36N4O/c1-22-3-14-33(23(2)39-22)25-5-7-26(8-6-25)35-19-38-36-34(35)16-29(18-37-36)28-9-4-24-10-12-30(13-11-27(24)15-28)40-31-17-32(40)21-41-20-31/h3-9,14-16,18-19,30-32H,10-13,17,20-21H2,1-2H3,(H,37,38)/t30-,31?,32?/m0/s1. The molecule has 3 aliphatic rings. The molecule has 5 heteroatoms. The van der Waals surface area contributed by atoms with Crippen LogP contribution in [0.1, 0.15) is 41.8 Å². The molecule has 0 radical (unpaired) electrons. The van der Waals surface area contributed by atoms with Gasteiger partial charge in [-0.05, 0) is 85.9 Å². The maximum absolute atomic E-state index is 5.75. The van der Waals surface area contributed by atoms with Crippen molar-refractivity contribution in [1.82, 2.24) is 19.9 Å². The van der Waals surface area contributed by atoms with E-state index in [9.17, 15) is 0 Å². The van der Waals surface area contributed by atoms with Gasteiger partial charge in [0.1, 0.15) is 5.65 Å². The Bertz CT molecular complexity index is 1740. The molecule has 3 atom stereocenters. The summed E-state index contributed by atoms with van der Waals surface area (Å²) in [6.07, 6.45) is 10.3. The van der Waals surface area contributed by atoms with Gasteiger partial charge < -0.3 is 9.72 Å². The maximum Gasteiger partial charge on any atom is 0.137 e. The number of pyridine rings is 2. The molecule has 206 valence electrons. The second-order valence-electron chi connectivity index (χ2n) is 12.2. The second kappa shape index (κ2) is 9.93. The van der Waals surface area contributed by atoms with Gasteiger partial charge in [-0.2, -0.15) is 0 Å². The molecule has 1 N–H and O–H groups in total. The minimum Gasteiger partial charge on any atom is -0.378 e. The Labute approximate surface area is 241 Å². The van der Waals surface area contributed by atoms with Gasteiger partial charge in [0.05, 0.1) is 13.2 Å². The predicted octanol–water partition coefficient (Wildman–Crippen LogP) is 7.30. The summed E-state index contributed by atoms with van der Waals surface area (Å²) in [5.41, 5.74) is 13.2. The van der Waals surface area contributed by atoms with E-state index in [1.165, 1.54) is 70.2 Å². The predicted molar refractivity (Wildman–Crippen MR) is 165 cm³/mol. The third kappa shape index (κ3) is 4.39. The SMILES string of the molecule is Cc1ccc(-c2ccc(-c3c[nH]c4ncc(-c5ccc6c(c5)CC[C@@H](N5C7COCC5C7)CC6)cc34)cc2)c(C)n1. The average Bonchev–Trinajstić information content (AvgIpc) is 3.31. The van der Waals surface area contributed by atoms with Crippen LogP contribution in [0.2, 0.25) is 0 Å². The molecular formula is C36H36N4O. The number of ether oxygens (including phenoxy) is 1. The summed E-state index contributed by atoms with van der Waals surface area (Å²) in [7, 11) is 0. The molecule has 41 heavy (non-hydrogen) atoms. The van der Waals surface area contributed by atoms with E-state index in [1.807, 2.05) is 13.1 Å². The van der Waals surface area contributed by atoms with Crippen LogP contribution >= 0.6 is 0 Å². The zero-order chi connectivity index (χ0) is 27.5. The molecule has 0 amide bonds. The van der Waals surface area contributed by atoms with Crippen molar-refractivity contribution < 1.29 is 4.74 Å². The summed E-state index contributed by atoms with van der Waals surface area (Å²) >= 11 is 0. The number of aromatic amines is 1. The van der Waals surface area contributed by atoms with Gasteiger partial charge >= 0.3 is 0 Å². The van der Waals surface area contributed by atoms with Crippen LogP contribution in [0.4, 0.5) is 0 Å². The number of fused-ring (bicyclic) bond motifs is 4. The minimum atomic E-state index is 0.656. The number of aryl methyl sites for hydroxylation is 4. The first-order valence-electron chi connectivity index (χ1n) is 15.1. The first-order valence-corrected chi connectivity index (χ1v) is 15.1. The molecule has 5 nitrogen and oxygen atoms in total. The quantitative estimate of drug-likeness (QED) is 0.243. The maximum atomic E-state index is 5.75. The van der Waals surface area contributed by atoms with E-state index in [4.69, 9.17) is 9.72 Å². The highest BCUT2D eigenvalue weighted by atomic mass is 16.5. The largest absolute Gasteiger partial charge is 0.378 e. The molecule has 2 bridgehead atoms. The van der Waals surface area contributed by atoms with Gasteiger partial charge in [-0.25, -0.2) is 4.98 Å². The molecule has 5 heterocycles. The normalized spacial score (nSPS) is 22.2. The van der Waals surface area contributed by atoms with Crippen LogP contribution in [-0.4, -0.2) is 51.2 Å². The van der Waals surface area contributed by atoms with Crippen molar-refractivity contribution in [2.24, 2.45) is 0 Å². The van der Waals surface area contributed by atoms with Crippen LogP contribution in [-0.2, 0) is 17.6 Å². The molecule has 2 aromatic carbocycles. The fourth-order valence-corrected chi connectivity index (χ4v) is 7.55. The van der Waals surface area contributed by atoms with Crippen molar-refractivity contribution in [3.8, 4) is 33.4 Å². The third-order valence-electron chi connectivity index (χ3n) is 9.73. The molecule has 0 saturated carbocycles. The van der Waals surface area contributed by atoms with Crippen molar-refractivity contribution in [1.29, 1.82) is 0 Å². The summed E-state index contributed by atoms with van der Waals surface area (Å²) in [4.78, 5) is 15.6. The third-order valence-corrected chi connectivity index (χ3v) is 9.73. The molecule has 5 aromatic rings. The number of H-pyrrole nitrogens is 1. The first kappa shape index (κ1) is 25.0. The first-order chi connectivity index (χ1) is 20.1. The van der Waals surface area contributed by atoms with Crippen LogP contribution in [0.5, 0.6) is 0 Å². The van der Waals surface area contributed by atoms with Gasteiger partial charge in [-0.1, -0.05) is 48.5 Å². The number of hydrogen-bond donors (Lipinski definition) is 1. The van der Waals surface area contributed by atoms with E-state index < -0.39 is 0 Å². The van der Waals surface area contributed by atoms with Gasteiger partial charge in [-0.3, -0.25) is 9.88 Å². The fourth-order valence-electron chi connectivity index (χ4n) is 7.55. The monoisotopic (exact) mass is 540 g/mol. The molecule has 2 unspecified atom stereocenters. The number of morpholine rings is 1. The number of rotatable bonds is 4. The van der Waals surface area contributed by atoms with E-state index in [1.54, 1.807) is 0 Å². The molecule has 0 spiro atoms. The summed E-state index contributed by atoms with van der Waals surface area (Å²) in [5, 5.41) is 1.16. The molecule has 1 aliphatic carbocycles. The second-order valence-corrected chi connectivity index (χ2v) is 12.2. The lowest BCUT2D eigenvalue weighted by Gasteiger charge is -2.56. The smallest absolute Gasteiger partial charge is 0.137 e. The van der Waals surface area contributed by atoms with Crippen molar-refractivity contribution in [2.75, 3.05) is 13.2 Å². The Morgan fingerprint density at radius 3 is 2.24 bits per heavy atom. The Morgan fingerprint density at radius 1 is 0.756 bits per heavy atom. The highest BCUT2D eigenvalue weighted by molar-refractivity contribution is 5.96. The van der Waals surface area contributed by atoms with E-state index in [0.717, 1.165) is 42.1 Å². The topological polar surface area (TPSA) is 54.0 Å². The van der Waals surface area contributed by atoms with Crippen LogP contribution < -0.4 is 0 Å². The molecular weight excluding hydrogens is 504 g/mol. The Morgan fingerprint density at radius 2 is 1.49 bits per heavy atom. The fraction of sp³-hybridized carbons (Fsp3) is 0.333. The molecule has 2 aliphatic heterocycles. The van der Waals surface area contributed by atoms with E-state index >= 15 is 0 Å². The summed E-state index contributed by atoms with van der Waals surface area (Å²) < 4.78 is 5.75. The molecule has 3 aromatic heterocycles. The lowest BCUT2D eigenvalue weighted by Crippen LogP contribution is -2.66. The Hall–Kier alpha value is -3.80. The van der Waals surface area contributed by atoms with Gasteiger partial charge in [0.2, 0.25) is 0 Å². The Balaban J connectivity index is 1.06. The van der Waals surface area contributed by atoms with Gasteiger partial charge in [0, 0.05) is 64.0 Å². The lowest BCUT2D eigenvalue weighted by atomic mass is 9.87. The zero-order valence-electron chi connectivity index (χ0n) is 23.9.